The van der Waals surface area contributed by atoms with Gasteiger partial charge in [-0.1, -0.05) is 0 Å². The quantitative estimate of drug-likeness (QED) is 0.900. The lowest BCUT2D eigenvalue weighted by molar-refractivity contribution is 0.0789. The van der Waals surface area contributed by atoms with Crippen LogP contribution in [0.2, 0.25) is 0 Å². The van der Waals surface area contributed by atoms with Gasteiger partial charge in [-0.15, -0.1) is 11.3 Å². The molecule has 2 heterocycles. The van der Waals surface area contributed by atoms with Gasteiger partial charge in [0.15, 0.2) is 0 Å². The zero-order chi connectivity index (χ0) is 12.3. The molecule has 0 saturated heterocycles. The summed E-state index contributed by atoms with van der Waals surface area (Å²) >= 11 is 1.38. The summed E-state index contributed by atoms with van der Waals surface area (Å²) < 4.78 is 5.06. The molecule has 90 valence electrons. The summed E-state index contributed by atoms with van der Waals surface area (Å²) in [5, 5.41) is 8.38. The molecule has 5 nitrogen and oxygen atoms in total. The third-order valence-corrected chi connectivity index (χ3v) is 3.24. The zero-order valence-corrected chi connectivity index (χ0v) is 10.5. The van der Waals surface area contributed by atoms with Crippen molar-refractivity contribution in [1.29, 1.82) is 0 Å². The Morgan fingerprint density at radius 2 is 2.47 bits per heavy atom. The van der Waals surface area contributed by atoms with E-state index < -0.39 is 0 Å². The summed E-state index contributed by atoms with van der Waals surface area (Å²) in [7, 11) is 3.35. The monoisotopic (exact) mass is 251 g/mol. The largest absolute Gasteiger partial charge is 0.496 e. The second kappa shape index (κ2) is 5.01. The van der Waals surface area contributed by atoms with E-state index in [4.69, 9.17) is 4.74 Å². The SMILES string of the molecule is COc1csc(C(=O)N(C)Cc2cn[nH]c2)c1. The van der Waals surface area contributed by atoms with Gasteiger partial charge in [0.1, 0.15) is 5.75 Å². The Morgan fingerprint density at radius 3 is 3.06 bits per heavy atom. The molecule has 0 aliphatic rings. The number of nitrogens with zero attached hydrogens (tertiary/aromatic N) is 2. The molecule has 6 heteroatoms. The summed E-state index contributed by atoms with van der Waals surface area (Å²) in [6.07, 6.45) is 3.48. The van der Waals surface area contributed by atoms with Crippen LogP contribution in [0, 0.1) is 0 Å². The molecule has 1 N–H and O–H groups in total. The van der Waals surface area contributed by atoms with Crippen LogP contribution in [0.3, 0.4) is 0 Å². The van der Waals surface area contributed by atoms with Gasteiger partial charge in [0.05, 0.1) is 18.2 Å². The molecular formula is C11H13N3O2S. The van der Waals surface area contributed by atoms with Gasteiger partial charge in [0, 0.05) is 36.8 Å². The van der Waals surface area contributed by atoms with E-state index in [1.807, 2.05) is 5.38 Å². The summed E-state index contributed by atoms with van der Waals surface area (Å²) in [6.45, 7) is 0.537. The standard InChI is InChI=1S/C11H13N3O2S/c1-14(6-8-4-12-13-5-8)11(15)10-3-9(16-2)7-17-10/h3-5,7H,6H2,1-2H3,(H,12,13). The molecule has 0 aliphatic heterocycles. The zero-order valence-electron chi connectivity index (χ0n) is 9.64. The Morgan fingerprint density at radius 1 is 1.65 bits per heavy atom. The van der Waals surface area contributed by atoms with Gasteiger partial charge >= 0.3 is 0 Å². The average Bonchev–Trinajstić information content (AvgIpc) is 2.98. The Labute approximate surface area is 103 Å². The average molecular weight is 251 g/mol. The van der Waals surface area contributed by atoms with Crippen molar-refractivity contribution >= 4 is 17.2 Å². The molecule has 0 unspecified atom stereocenters. The van der Waals surface area contributed by atoms with Gasteiger partial charge in [-0.2, -0.15) is 5.10 Å². The molecule has 0 fully saturated rings. The van der Waals surface area contributed by atoms with Gasteiger partial charge < -0.3 is 9.64 Å². The minimum absolute atomic E-state index is 0.0144. The molecule has 0 aliphatic carbocycles. The highest BCUT2D eigenvalue weighted by atomic mass is 32.1. The highest BCUT2D eigenvalue weighted by molar-refractivity contribution is 7.12. The third kappa shape index (κ3) is 2.65. The lowest BCUT2D eigenvalue weighted by Crippen LogP contribution is -2.25. The number of rotatable bonds is 4. The molecule has 17 heavy (non-hydrogen) atoms. The Kier molecular flexibility index (Phi) is 3.43. The predicted molar refractivity (Wildman–Crippen MR) is 65.3 cm³/mol. The van der Waals surface area contributed by atoms with E-state index in [1.54, 1.807) is 37.5 Å². The normalized spacial score (nSPS) is 10.2. The van der Waals surface area contributed by atoms with Crippen molar-refractivity contribution < 1.29 is 9.53 Å². The fourth-order valence-electron chi connectivity index (χ4n) is 1.44. The van der Waals surface area contributed by atoms with Gasteiger partial charge in [-0.3, -0.25) is 9.89 Å². The molecule has 0 aromatic carbocycles. The van der Waals surface area contributed by atoms with E-state index in [9.17, 15) is 4.79 Å². The summed E-state index contributed by atoms with van der Waals surface area (Å²) in [4.78, 5) is 14.4. The van der Waals surface area contributed by atoms with Crippen LogP contribution >= 0.6 is 11.3 Å². The maximum atomic E-state index is 12.1. The molecule has 1 amide bonds. The summed E-state index contributed by atoms with van der Waals surface area (Å²) in [5.74, 6) is 0.703. The van der Waals surface area contributed by atoms with Gasteiger partial charge in [-0.05, 0) is 0 Å². The van der Waals surface area contributed by atoms with Crippen molar-refractivity contribution in [1.82, 2.24) is 15.1 Å². The molecule has 0 bridgehead atoms. The van der Waals surface area contributed by atoms with Crippen molar-refractivity contribution in [3.63, 3.8) is 0 Å². The Balaban J connectivity index is 2.04. The second-order valence-electron chi connectivity index (χ2n) is 3.62. The molecular weight excluding hydrogens is 238 g/mol. The number of methoxy groups -OCH3 is 1. The van der Waals surface area contributed by atoms with Crippen LogP contribution in [0.15, 0.2) is 23.8 Å². The van der Waals surface area contributed by atoms with Crippen molar-refractivity contribution in [2.75, 3.05) is 14.2 Å². The Bertz CT molecular complexity index is 493. The number of carbonyl (C=O) groups is 1. The van der Waals surface area contributed by atoms with Gasteiger partial charge in [-0.25, -0.2) is 0 Å². The number of aromatic amines is 1. The van der Waals surface area contributed by atoms with Crippen LogP contribution in [-0.2, 0) is 6.54 Å². The van der Waals surface area contributed by atoms with Crippen molar-refractivity contribution in [3.8, 4) is 5.75 Å². The molecule has 0 spiro atoms. The van der Waals surface area contributed by atoms with Crippen molar-refractivity contribution in [2.45, 2.75) is 6.54 Å². The molecule has 2 rings (SSSR count). The summed E-state index contributed by atoms with van der Waals surface area (Å²) in [6, 6.07) is 1.75. The first kappa shape index (κ1) is 11.7. The van der Waals surface area contributed by atoms with Crippen LogP contribution in [0.4, 0.5) is 0 Å². The van der Waals surface area contributed by atoms with Crippen LogP contribution in [0.1, 0.15) is 15.2 Å². The fraction of sp³-hybridized carbons (Fsp3) is 0.273. The minimum atomic E-state index is -0.0144. The maximum Gasteiger partial charge on any atom is 0.264 e. The number of H-pyrrole nitrogens is 1. The maximum absolute atomic E-state index is 12.1. The molecule has 2 aromatic heterocycles. The van der Waals surface area contributed by atoms with Crippen LogP contribution in [-0.4, -0.2) is 35.2 Å². The first-order chi connectivity index (χ1) is 8.20. The van der Waals surface area contributed by atoms with E-state index in [0.29, 0.717) is 11.4 Å². The van der Waals surface area contributed by atoms with E-state index >= 15 is 0 Å². The van der Waals surface area contributed by atoms with E-state index in [2.05, 4.69) is 10.2 Å². The highest BCUT2D eigenvalue weighted by Crippen LogP contribution is 2.22. The Hall–Kier alpha value is -1.82. The molecule has 0 radical (unpaired) electrons. The number of aromatic nitrogens is 2. The number of ether oxygens (including phenoxy) is 1. The van der Waals surface area contributed by atoms with Crippen LogP contribution < -0.4 is 4.74 Å². The number of carbonyl (C=O) groups excluding carboxylic acids is 1. The molecule has 2 aromatic rings. The topological polar surface area (TPSA) is 58.2 Å². The summed E-state index contributed by atoms with van der Waals surface area (Å²) in [5.41, 5.74) is 0.976. The number of hydrogen-bond donors (Lipinski definition) is 1. The number of amides is 1. The van der Waals surface area contributed by atoms with E-state index in [-0.39, 0.29) is 5.91 Å². The second-order valence-corrected chi connectivity index (χ2v) is 4.53. The smallest absolute Gasteiger partial charge is 0.264 e. The lowest BCUT2D eigenvalue weighted by Gasteiger charge is -2.14. The number of nitrogens with one attached hydrogen (secondary N) is 1. The first-order valence-corrected chi connectivity index (χ1v) is 5.94. The first-order valence-electron chi connectivity index (χ1n) is 5.06. The van der Waals surface area contributed by atoms with Gasteiger partial charge in [0.25, 0.3) is 5.91 Å². The van der Waals surface area contributed by atoms with E-state index in [0.717, 1.165) is 11.3 Å². The highest BCUT2D eigenvalue weighted by Gasteiger charge is 2.14. The van der Waals surface area contributed by atoms with Crippen molar-refractivity contribution in [3.05, 3.63) is 34.3 Å². The van der Waals surface area contributed by atoms with Gasteiger partial charge in [0.2, 0.25) is 0 Å². The number of thiophene rings is 1. The third-order valence-electron chi connectivity index (χ3n) is 2.34. The van der Waals surface area contributed by atoms with Crippen molar-refractivity contribution in [2.24, 2.45) is 0 Å². The van der Waals surface area contributed by atoms with Crippen LogP contribution in [0.5, 0.6) is 5.75 Å². The minimum Gasteiger partial charge on any atom is -0.496 e. The number of hydrogen-bond acceptors (Lipinski definition) is 4. The molecule has 0 saturated carbocycles. The van der Waals surface area contributed by atoms with Crippen LogP contribution in [0.25, 0.3) is 0 Å². The predicted octanol–water partition coefficient (Wildman–Crippen LogP) is 1.75. The lowest BCUT2D eigenvalue weighted by atomic mass is 10.3. The molecule has 0 atom stereocenters. The fourth-order valence-corrected chi connectivity index (χ4v) is 2.28. The van der Waals surface area contributed by atoms with E-state index in [1.165, 1.54) is 11.3 Å².